The van der Waals surface area contributed by atoms with Gasteiger partial charge in [0.25, 0.3) is 0 Å². The number of para-hydroxylation sites is 3. The van der Waals surface area contributed by atoms with Crippen molar-refractivity contribution >= 4 is 22.0 Å². The third-order valence-corrected chi connectivity index (χ3v) is 11.5. The van der Waals surface area contributed by atoms with E-state index in [0.717, 1.165) is 63.5 Å². The number of benzene rings is 7. The van der Waals surface area contributed by atoms with Gasteiger partial charge in [-0.25, -0.2) is 9.97 Å². The molecule has 0 fully saturated rings. The smallest absolute Gasteiger partial charge is 0.160 e. The van der Waals surface area contributed by atoms with Crippen LogP contribution in [0.1, 0.15) is 46.5 Å². The molecule has 0 unspecified atom stereocenters. The highest BCUT2D eigenvalue weighted by Crippen LogP contribution is 2.63. The summed E-state index contributed by atoms with van der Waals surface area (Å²) < 4.78 is 7.00. The van der Waals surface area contributed by atoms with Crippen molar-refractivity contribution in [1.29, 1.82) is 0 Å². The molecule has 7 aromatic carbocycles. The Bertz CT molecular complexity index is 2800. The van der Waals surface area contributed by atoms with E-state index < -0.39 is 5.41 Å². The third-order valence-electron chi connectivity index (χ3n) is 11.5. The summed E-state index contributed by atoms with van der Waals surface area (Å²) in [6.45, 7) is 0. The lowest BCUT2D eigenvalue weighted by Crippen LogP contribution is -2.32. The van der Waals surface area contributed by atoms with Gasteiger partial charge < -0.3 is 4.74 Å². The fraction of sp³-hybridized carbons (Fsp3) is 0.0588. The summed E-state index contributed by atoms with van der Waals surface area (Å²) in [4.78, 5) is 10.4. The second kappa shape index (κ2) is 12.1. The van der Waals surface area contributed by atoms with Gasteiger partial charge >= 0.3 is 0 Å². The minimum absolute atomic E-state index is 0.492. The van der Waals surface area contributed by atoms with Crippen molar-refractivity contribution in [2.24, 2.45) is 0 Å². The quantitative estimate of drug-likeness (QED) is 0.184. The summed E-state index contributed by atoms with van der Waals surface area (Å²) in [5, 5.41) is 1.04. The number of rotatable bonds is 4. The van der Waals surface area contributed by atoms with Crippen molar-refractivity contribution in [3.63, 3.8) is 0 Å². The number of allylic oxidation sites excluding steroid dienone is 4. The zero-order valence-corrected chi connectivity index (χ0v) is 29.5. The van der Waals surface area contributed by atoms with Crippen molar-refractivity contribution in [1.82, 2.24) is 9.97 Å². The summed E-state index contributed by atoms with van der Waals surface area (Å²) in [5.41, 5.74) is 15.7. The molecular formula is C51H34N2O. The van der Waals surface area contributed by atoms with Crippen LogP contribution in [0, 0.1) is 0 Å². The number of ether oxygens (including phenoxy) is 1. The third kappa shape index (κ3) is 4.55. The average molecular weight is 691 g/mol. The molecule has 1 aromatic heterocycles. The Labute approximate surface area is 314 Å². The number of aromatic nitrogens is 2. The lowest BCUT2D eigenvalue weighted by Gasteiger charge is -2.40. The maximum Gasteiger partial charge on any atom is 0.160 e. The number of fused-ring (bicyclic) bond motifs is 10. The molecule has 11 rings (SSSR count). The van der Waals surface area contributed by atoms with E-state index in [9.17, 15) is 0 Å². The molecule has 254 valence electrons. The molecule has 0 N–H and O–H groups in total. The van der Waals surface area contributed by atoms with Crippen LogP contribution in [-0.4, -0.2) is 9.97 Å². The highest BCUT2D eigenvalue weighted by molar-refractivity contribution is 5.96. The van der Waals surface area contributed by atoms with Gasteiger partial charge in [0.1, 0.15) is 11.5 Å². The maximum atomic E-state index is 7.00. The van der Waals surface area contributed by atoms with Gasteiger partial charge in [-0.15, -0.1) is 0 Å². The topological polar surface area (TPSA) is 35.0 Å². The Balaban J connectivity index is 1.05. The fourth-order valence-electron chi connectivity index (χ4n) is 9.08. The largest absolute Gasteiger partial charge is 0.456 e. The molecule has 3 aliphatic rings. The van der Waals surface area contributed by atoms with Gasteiger partial charge in [0.05, 0.1) is 16.6 Å². The maximum absolute atomic E-state index is 7.00. The number of hydrogen-bond donors (Lipinski definition) is 0. The molecule has 0 amide bonds. The summed E-state index contributed by atoms with van der Waals surface area (Å²) in [7, 11) is 0. The molecule has 0 atom stereocenters. The Hall–Kier alpha value is -6.84. The Kier molecular flexibility index (Phi) is 6.90. The van der Waals surface area contributed by atoms with Crippen LogP contribution in [-0.2, 0) is 5.41 Å². The predicted octanol–water partition coefficient (Wildman–Crippen LogP) is 12.7. The van der Waals surface area contributed by atoms with Crippen molar-refractivity contribution in [2.45, 2.75) is 18.3 Å². The Morgan fingerprint density at radius 3 is 1.89 bits per heavy atom. The van der Waals surface area contributed by atoms with Crippen LogP contribution in [0.25, 0.3) is 55.6 Å². The van der Waals surface area contributed by atoms with Gasteiger partial charge in [-0.05, 0) is 70.0 Å². The Morgan fingerprint density at radius 1 is 0.481 bits per heavy atom. The van der Waals surface area contributed by atoms with Gasteiger partial charge in [-0.3, -0.25) is 0 Å². The monoisotopic (exact) mass is 690 g/mol. The fourth-order valence-corrected chi connectivity index (χ4v) is 9.08. The molecule has 3 heteroatoms. The van der Waals surface area contributed by atoms with E-state index in [-0.39, 0.29) is 0 Å². The molecule has 0 saturated carbocycles. The van der Waals surface area contributed by atoms with Crippen LogP contribution in [0.2, 0.25) is 0 Å². The van der Waals surface area contributed by atoms with E-state index in [1.807, 2.05) is 0 Å². The molecule has 1 aliphatic heterocycles. The summed E-state index contributed by atoms with van der Waals surface area (Å²) in [5.74, 6) is 2.56. The number of hydrogen-bond acceptors (Lipinski definition) is 3. The van der Waals surface area contributed by atoms with Crippen LogP contribution in [0.3, 0.4) is 0 Å². The molecule has 0 bridgehead atoms. The Morgan fingerprint density at radius 2 is 1.09 bits per heavy atom. The van der Waals surface area contributed by atoms with Crippen molar-refractivity contribution in [3.05, 3.63) is 216 Å². The van der Waals surface area contributed by atoms with E-state index >= 15 is 0 Å². The number of nitrogens with zero attached hydrogens (tertiary/aromatic N) is 2. The molecule has 2 aliphatic carbocycles. The summed E-state index contributed by atoms with van der Waals surface area (Å²) in [6.07, 6.45) is 6.35. The molecule has 8 aromatic rings. The first-order valence-corrected chi connectivity index (χ1v) is 18.7. The normalized spacial score (nSPS) is 14.7. The van der Waals surface area contributed by atoms with Crippen molar-refractivity contribution < 1.29 is 4.74 Å². The van der Waals surface area contributed by atoms with E-state index in [1.54, 1.807) is 0 Å². The summed E-state index contributed by atoms with van der Waals surface area (Å²) in [6, 6.07) is 60.6. The molecule has 3 nitrogen and oxygen atoms in total. The van der Waals surface area contributed by atoms with Gasteiger partial charge in [-0.1, -0.05) is 164 Å². The first-order valence-electron chi connectivity index (χ1n) is 18.7. The van der Waals surface area contributed by atoms with Gasteiger partial charge in [0.15, 0.2) is 5.82 Å². The molecule has 54 heavy (non-hydrogen) atoms. The first-order chi connectivity index (χ1) is 26.8. The van der Waals surface area contributed by atoms with Crippen LogP contribution in [0.4, 0.5) is 0 Å². The highest BCUT2D eigenvalue weighted by Gasteiger charge is 2.51. The minimum atomic E-state index is -0.492. The van der Waals surface area contributed by atoms with E-state index in [4.69, 9.17) is 14.7 Å². The molecule has 0 radical (unpaired) electrons. The lowest BCUT2D eigenvalue weighted by atomic mass is 9.65. The standard InChI is InChI=1S/C51H34N2O/c1-2-14-33(15-3-1)34-28-30-35(31-29-34)48-41-20-6-10-26-46(41)52-50(53-48)37-17-12-16-36(32-37)38-21-13-25-45-49(38)54-47-27-11-9-24-44(47)51(45)42-22-7-4-18-39(42)40-19-5-8-23-43(40)51/h1-11,13-15,17-32H,12,16H2. The molecule has 0 saturated heterocycles. The zero-order chi connectivity index (χ0) is 35.6. The molecule has 1 spiro atoms. The first kappa shape index (κ1) is 30.8. The highest BCUT2D eigenvalue weighted by atomic mass is 16.5. The SMILES string of the molecule is C1=C(c2nc(-c3ccc(-c4ccccc4)cc3)c3ccccc3n2)C=C(c2cccc3c2Oc2ccccc2C32c3ccccc3-c3ccccc32)CC1. The van der Waals surface area contributed by atoms with E-state index in [0.29, 0.717) is 0 Å². The molecular weight excluding hydrogens is 657 g/mol. The van der Waals surface area contributed by atoms with Gasteiger partial charge in [0.2, 0.25) is 0 Å². The predicted molar refractivity (Wildman–Crippen MR) is 219 cm³/mol. The van der Waals surface area contributed by atoms with Crippen molar-refractivity contribution in [2.75, 3.05) is 0 Å². The summed E-state index contributed by atoms with van der Waals surface area (Å²) >= 11 is 0. The molecule has 2 heterocycles. The van der Waals surface area contributed by atoms with Crippen LogP contribution in [0.15, 0.2) is 182 Å². The second-order valence-corrected chi connectivity index (χ2v) is 14.3. The van der Waals surface area contributed by atoms with Gasteiger partial charge in [-0.2, -0.15) is 0 Å². The average Bonchev–Trinajstić information content (AvgIpc) is 3.54. The van der Waals surface area contributed by atoms with Crippen molar-refractivity contribution in [3.8, 4) is 45.0 Å². The zero-order valence-electron chi connectivity index (χ0n) is 29.5. The van der Waals surface area contributed by atoms with Crippen LogP contribution >= 0.6 is 0 Å². The lowest BCUT2D eigenvalue weighted by molar-refractivity contribution is 0.435. The van der Waals surface area contributed by atoms with Crippen LogP contribution in [0.5, 0.6) is 11.5 Å². The van der Waals surface area contributed by atoms with Crippen LogP contribution < -0.4 is 4.74 Å². The minimum Gasteiger partial charge on any atom is -0.456 e. The second-order valence-electron chi connectivity index (χ2n) is 14.3. The van der Waals surface area contributed by atoms with E-state index in [1.165, 1.54) is 50.1 Å². The van der Waals surface area contributed by atoms with E-state index in [2.05, 4.69) is 182 Å². The van der Waals surface area contributed by atoms with Gasteiger partial charge in [0, 0.05) is 33.2 Å².